The number of halogens is 3. The molecule has 11 heteroatoms. The molecule has 6 aliphatic rings. The number of rotatable bonds is 7. The molecule has 4 bridgehead atoms. The molecular weight excluding hydrogens is 698 g/mol. The number of benzene rings is 2. The van der Waals surface area contributed by atoms with Gasteiger partial charge in [-0.3, -0.25) is 9.78 Å². The lowest BCUT2D eigenvalue weighted by Crippen LogP contribution is -2.48. The van der Waals surface area contributed by atoms with Crippen LogP contribution in [0.3, 0.4) is 0 Å². The molecule has 3 aliphatic carbocycles. The minimum Gasteiger partial charge on any atom is -0.488 e. The normalized spacial score (nSPS) is 28.0. The van der Waals surface area contributed by atoms with Gasteiger partial charge in [0.25, 0.3) is 0 Å². The van der Waals surface area contributed by atoms with E-state index in [9.17, 15) is 10.1 Å². The molecule has 0 radical (unpaired) electrons. The van der Waals surface area contributed by atoms with Gasteiger partial charge < -0.3 is 19.5 Å². The van der Waals surface area contributed by atoms with Crippen molar-refractivity contribution in [3.05, 3.63) is 87.7 Å². The van der Waals surface area contributed by atoms with Crippen molar-refractivity contribution in [2.45, 2.75) is 82.1 Å². The van der Waals surface area contributed by atoms with Crippen LogP contribution in [0, 0.1) is 41.8 Å². The number of carbonyl (C=O) groups is 1. The Balaban J connectivity index is 1.23. The number of piperidine rings is 1. The molecule has 6 fully saturated rings. The molecule has 8 nitrogen and oxygen atoms in total. The average Bonchev–Trinajstić information content (AvgIpc) is 3.52. The van der Waals surface area contributed by atoms with E-state index in [1.807, 2.05) is 25.1 Å². The minimum absolute atomic E-state index is 0.0728. The molecule has 3 aromatic heterocycles. The summed E-state index contributed by atoms with van der Waals surface area (Å²) in [5.41, 5.74) is 4.11. The summed E-state index contributed by atoms with van der Waals surface area (Å²) in [6, 6.07) is 15.8. The number of likely N-dealkylation sites (tertiary alicyclic amines) is 1. The number of nitriles is 1. The van der Waals surface area contributed by atoms with Crippen LogP contribution in [0.25, 0.3) is 32.9 Å². The molecule has 1 unspecified atom stereocenters. The third kappa shape index (κ3) is 4.70. The minimum atomic E-state index is -0.646. The fourth-order valence-electron chi connectivity index (χ4n) is 9.99. The maximum atomic E-state index is 17.3. The van der Waals surface area contributed by atoms with Crippen LogP contribution >= 0.6 is 23.2 Å². The van der Waals surface area contributed by atoms with E-state index in [0.29, 0.717) is 33.1 Å². The second kappa shape index (κ2) is 11.9. The predicted octanol–water partition coefficient (Wildman–Crippen LogP) is 8.69. The molecule has 2 aromatic carbocycles. The van der Waals surface area contributed by atoms with Crippen molar-refractivity contribution in [1.29, 1.82) is 5.26 Å². The highest BCUT2D eigenvalue weighted by atomic mass is 35.5. The molecule has 1 amide bonds. The highest BCUT2D eigenvalue weighted by molar-refractivity contribution is 6.43. The molecule has 3 saturated carbocycles. The third-order valence-corrected chi connectivity index (χ3v) is 13.4. The van der Waals surface area contributed by atoms with Gasteiger partial charge in [0.2, 0.25) is 5.91 Å². The van der Waals surface area contributed by atoms with Crippen LogP contribution in [0.1, 0.15) is 74.0 Å². The van der Waals surface area contributed by atoms with Gasteiger partial charge in [0.15, 0.2) is 5.82 Å². The third-order valence-electron chi connectivity index (χ3n) is 12.6. The largest absolute Gasteiger partial charge is 0.488 e. The fraction of sp³-hybridized carbons (Fsp3) is 0.415. The lowest BCUT2D eigenvalue weighted by atomic mass is 9.79. The van der Waals surface area contributed by atoms with Crippen LogP contribution in [0.4, 0.5) is 4.39 Å². The van der Waals surface area contributed by atoms with Crippen molar-refractivity contribution in [2.75, 3.05) is 6.54 Å². The first-order valence-electron chi connectivity index (χ1n) is 18.4. The van der Waals surface area contributed by atoms with Crippen LogP contribution in [-0.4, -0.2) is 50.1 Å². The zero-order valence-electron chi connectivity index (χ0n) is 28.8. The number of carbonyl (C=O) groups excluding carboxylic acids is 1. The summed E-state index contributed by atoms with van der Waals surface area (Å²) in [5, 5.41) is 16.1. The number of nitrogens with one attached hydrogen (secondary N) is 1. The van der Waals surface area contributed by atoms with E-state index in [-0.39, 0.29) is 64.1 Å². The zero-order chi connectivity index (χ0) is 35.6. The summed E-state index contributed by atoms with van der Waals surface area (Å²) in [6.45, 7) is 4.62. The quantitative estimate of drug-likeness (QED) is 0.180. The van der Waals surface area contributed by atoms with Gasteiger partial charge in [-0.1, -0.05) is 35.3 Å². The number of hydrogen-bond donors (Lipinski definition) is 1. The second-order valence-electron chi connectivity index (χ2n) is 15.5. The van der Waals surface area contributed by atoms with E-state index in [2.05, 4.69) is 31.9 Å². The first kappa shape index (κ1) is 32.4. The average molecular weight is 736 g/mol. The Morgan fingerprint density at radius 2 is 1.98 bits per heavy atom. The number of hydrogen-bond acceptors (Lipinski definition) is 6. The smallest absolute Gasteiger partial charge is 0.226 e. The standard InChI is InChI=1S/C41H37Cl2FN6O2/c1-19(16-45)26-14-29-37(36(44)34(26)25-6-3-7-30(42)35(25)43)48-20(2)27-15-32(50(39(27)29)38-22-11-31(38)47-17-22)40-28-12-23(49(40)41(51)21-8-9-21)13-33(28)52-24-5-4-10-46-18-24/h3-7,10,14-15,18-19,21-23,28,31,33,38,40,47H,8-9,11-13,17H2,1-2H3/t19?,22-,23-,28+,31-,33+,38+,40-/m1/s1. The van der Waals surface area contributed by atoms with Crippen molar-refractivity contribution >= 4 is 50.9 Å². The maximum Gasteiger partial charge on any atom is 0.226 e. The van der Waals surface area contributed by atoms with E-state index in [0.717, 1.165) is 61.0 Å². The molecule has 8 atom stereocenters. The van der Waals surface area contributed by atoms with Crippen molar-refractivity contribution in [2.24, 2.45) is 17.8 Å². The fourth-order valence-corrected chi connectivity index (χ4v) is 10.4. The Bertz CT molecular complexity index is 2340. The first-order valence-corrected chi connectivity index (χ1v) is 19.1. The zero-order valence-corrected chi connectivity index (χ0v) is 30.3. The van der Waals surface area contributed by atoms with E-state index in [1.165, 1.54) is 0 Å². The van der Waals surface area contributed by atoms with Crippen LogP contribution < -0.4 is 10.1 Å². The molecular formula is C41H37Cl2FN6O2. The van der Waals surface area contributed by atoms with E-state index >= 15 is 4.39 Å². The van der Waals surface area contributed by atoms with Crippen LogP contribution in [0.2, 0.25) is 10.0 Å². The Morgan fingerprint density at radius 1 is 1.13 bits per heavy atom. The Kier molecular flexibility index (Phi) is 7.41. The number of fused-ring (bicyclic) bond motifs is 6. The molecule has 1 N–H and O–H groups in total. The molecule has 5 aromatic rings. The summed E-state index contributed by atoms with van der Waals surface area (Å²) in [6.07, 6.45) is 8.00. The SMILES string of the molecule is Cc1nc2c(F)c(-c3cccc(Cl)c3Cl)c(C(C)C#N)cc2c2c1cc([C@H]1[C@H]3C[C@H](C[C@@H]3Oc3cccnc3)N1C(=O)C1CC1)n2[C@H]1[C@H]2CN[C@@H]1C2. The number of amides is 1. The topological polar surface area (TPSA) is 96.1 Å². The highest BCUT2D eigenvalue weighted by Crippen LogP contribution is 2.57. The Hall–Kier alpha value is -4.23. The van der Waals surface area contributed by atoms with Gasteiger partial charge in [-0.2, -0.15) is 5.26 Å². The number of ether oxygens (including phenoxy) is 1. The van der Waals surface area contributed by atoms with E-state index in [1.54, 1.807) is 37.5 Å². The van der Waals surface area contributed by atoms with Crippen LogP contribution in [0.15, 0.2) is 54.9 Å². The van der Waals surface area contributed by atoms with Gasteiger partial charge in [-0.15, -0.1) is 0 Å². The first-order chi connectivity index (χ1) is 25.2. The van der Waals surface area contributed by atoms with E-state index < -0.39 is 11.7 Å². The number of aryl methyl sites for hydroxylation is 1. The Morgan fingerprint density at radius 3 is 2.69 bits per heavy atom. The molecule has 264 valence electrons. The molecule has 6 heterocycles. The summed E-state index contributed by atoms with van der Waals surface area (Å²) in [5.74, 6) is 0.353. The van der Waals surface area contributed by atoms with Crippen molar-refractivity contribution in [1.82, 2.24) is 24.8 Å². The van der Waals surface area contributed by atoms with Gasteiger partial charge in [-0.05, 0) is 81.3 Å². The lowest BCUT2D eigenvalue weighted by Gasteiger charge is -2.43. The second-order valence-corrected chi connectivity index (χ2v) is 16.3. The predicted molar refractivity (Wildman–Crippen MR) is 198 cm³/mol. The molecule has 3 aliphatic heterocycles. The maximum absolute atomic E-state index is 17.3. The highest BCUT2D eigenvalue weighted by Gasteiger charge is 2.58. The van der Waals surface area contributed by atoms with Gasteiger partial charge in [0, 0.05) is 76.4 Å². The van der Waals surface area contributed by atoms with Gasteiger partial charge in [-0.25, -0.2) is 9.37 Å². The van der Waals surface area contributed by atoms with Crippen LogP contribution in [-0.2, 0) is 4.79 Å². The van der Waals surface area contributed by atoms with Gasteiger partial charge in [0.1, 0.15) is 17.4 Å². The molecule has 11 rings (SSSR count). The van der Waals surface area contributed by atoms with Crippen molar-refractivity contribution < 1.29 is 13.9 Å². The summed E-state index contributed by atoms with van der Waals surface area (Å²) in [4.78, 5) is 25.6. The summed E-state index contributed by atoms with van der Waals surface area (Å²) >= 11 is 13.1. The molecule has 0 spiro atoms. The van der Waals surface area contributed by atoms with Gasteiger partial charge in [0.05, 0.1) is 45.8 Å². The number of nitrogens with zero attached hydrogens (tertiary/aromatic N) is 5. The molecule has 52 heavy (non-hydrogen) atoms. The van der Waals surface area contributed by atoms with E-state index in [4.69, 9.17) is 32.9 Å². The summed E-state index contributed by atoms with van der Waals surface area (Å²) in [7, 11) is 0. The van der Waals surface area contributed by atoms with Crippen molar-refractivity contribution in [3.63, 3.8) is 0 Å². The van der Waals surface area contributed by atoms with Crippen LogP contribution in [0.5, 0.6) is 5.75 Å². The Labute approximate surface area is 310 Å². The number of aromatic nitrogens is 3. The van der Waals surface area contributed by atoms with Crippen molar-refractivity contribution in [3.8, 4) is 22.9 Å². The van der Waals surface area contributed by atoms with Gasteiger partial charge >= 0.3 is 0 Å². The lowest BCUT2D eigenvalue weighted by molar-refractivity contribution is -0.138. The monoisotopic (exact) mass is 734 g/mol. The molecule has 3 saturated heterocycles. The number of pyridine rings is 2. The summed E-state index contributed by atoms with van der Waals surface area (Å²) < 4.78 is 26.4.